The van der Waals surface area contributed by atoms with Gasteiger partial charge in [0.15, 0.2) is 5.43 Å². The topological polar surface area (TPSA) is 98.0 Å². The molecule has 3 aromatic rings. The molecule has 148 valence electrons. The number of aromatic carboxylic acids is 1. The highest BCUT2D eigenvalue weighted by Gasteiger charge is 2.29. The predicted octanol–water partition coefficient (Wildman–Crippen LogP) is 3.18. The molecule has 29 heavy (non-hydrogen) atoms. The van der Waals surface area contributed by atoms with E-state index >= 15 is 0 Å². The van der Waals surface area contributed by atoms with E-state index in [1.54, 1.807) is 16.7 Å². The Morgan fingerprint density at radius 2 is 1.97 bits per heavy atom. The van der Waals surface area contributed by atoms with E-state index < -0.39 is 17.6 Å². The van der Waals surface area contributed by atoms with Gasteiger partial charge in [0.1, 0.15) is 23.7 Å². The minimum atomic E-state index is -1.31. The highest BCUT2D eigenvalue weighted by atomic mass is 35.5. The number of ether oxygens (including phenoxy) is 2. The van der Waals surface area contributed by atoms with Crippen molar-refractivity contribution in [2.45, 2.75) is 6.23 Å². The summed E-state index contributed by atoms with van der Waals surface area (Å²) in [5.41, 5.74) is 0.821. The van der Waals surface area contributed by atoms with Gasteiger partial charge in [-0.05, 0) is 6.07 Å². The molecular formula is C21H16ClNO6. The van der Waals surface area contributed by atoms with Gasteiger partial charge in [-0.25, -0.2) is 4.79 Å². The van der Waals surface area contributed by atoms with E-state index in [0.717, 1.165) is 5.56 Å². The predicted molar refractivity (Wildman–Crippen MR) is 106 cm³/mol. The molecule has 4 rings (SSSR count). The van der Waals surface area contributed by atoms with Crippen molar-refractivity contribution in [3.63, 3.8) is 0 Å². The molecule has 0 fully saturated rings. The average molecular weight is 414 g/mol. The number of hydrogen-bond donors (Lipinski definition) is 2. The summed E-state index contributed by atoms with van der Waals surface area (Å²) in [7, 11) is 0. The lowest BCUT2D eigenvalue weighted by molar-refractivity contribution is 0.0693. The van der Waals surface area contributed by atoms with Gasteiger partial charge in [0.2, 0.25) is 6.23 Å². The van der Waals surface area contributed by atoms with Crippen LogP contribution in [0.2, 0.25) is 5.02 Å². The zero-order valence-corrected chi connectivity index (χ0v) is 15.8. The number of pyridine rings is 1. The third-order valence-electron chi connectivity index (χ3n) is 4.54. The molecule has 0 bridgehead atoms. The number of fused-ring (bicyclic) bond motifs is 3. The van der Waals surface area contributed by atoms with Gasteiger partial charge in [-0.15, -0.1) is 0 Å². The van der Waals surface area contributed by atoms with E-state index in [1.165, 1.54) is 12.3 Å². The number of halogens is 1. The van der Waals surface area contributed by atoms with Gasteiger partial charge in [0, 0.05) is 29.5 Å². The molecule has 2 heterocycles. The molecule has 0 spiro atoms. The standard InChI is InChI=1S/C21H16ClNO6/c22-15-8-13-16-9-17(25)14(21(26)27)11-23(16)20(12-4-2-1-3-5-12)29-18(13)10-19(15)28-7-6-24/h1-5,8-11,20,24H,6-7H2,(H,26,27). The van der Waals surface area contributed by atoms with Crippen LogP contribution < -0.4 is 14.9 Å². The molecule has 0 saturated carbocycles. The monoisotopic (exact) mass is 413 g/mol. The number of nitrogens with zero attached hydrogens (tertiary/aromatic N) is 1. The Balaban J connectivity index is 1.94. The van der Waals surface area contributed by atoms with E-state index in [-0.39, 0.29) is 23.8 Å². The van der Waals surface area contributed by atoms with Gasteiger partial charge in [-0.1, -0.05) is 41.9 Å². The third-order valence-corrected chi connectivity index (χ3v) is 4.84. The van der Waals surface area contributed by atoms with E-state index in [4.69, 9.17) is 26.2 Å². The van der Waals surface area contributed by atoms with Crippen LogP contribution in [0.15, 0.2) is 59.5 Å². The van der Waals surface area contributed by atoms with Gasteiger partial charge in [0.25, 0.3) is 0 Å². The maximum Gasteiger partial charge on any atom is 0.341 e. The number of carboxylic acids is 1. The summed E-state index contributed by atoms with van der Waals surface area (Å²) in [6, 6.07) is 13.7. The Morgan fingerprint density at radius 1 is 1.21 bits per heavy atom. The van der Waals surface area contributed by atoms with E-state index in [2.05, 4.69) is 0 Å². The number of benzene rings is 2. The SMILES string of the molecule is O=C(O)c1cn2c(cc1=O)-c1cc(Cl)c(OCCO)cc1OC2c1ccccc1. The van der Waals surface area contributed by atoms with Crippen LogP contribution in [0.5, 0.6) is 11.5 Å². The molecule has 1 aliphatic heterocycles. The molecular weight excluding hydrogens is 398 g/mol. The fourth-order valence-corrected chi connectivity index (χ4v) is 3.46. The van der Waals surface area contributed by atoms with Gasteiger partial charge in [0.05, 0.1) is 17.3 Å². The van der Waals surface area contributed by atoms with Crippen LogP contribution in [0, 0.1) is 0 Å². The number of aliphatic hydroxyl groups is 1. The third kappa shape index (κ3) is 3.46. The summed E-state index contributed by atoms with van der Waals surface area (Å²) in [4.78, 5) is 23.8. The molecule has 1 aromatic heterocycles. The van der Waals surface area contributed by atoms with Gasteiger partial charge in [-0.2, -0.15) is 0 Å². The molecule has 1 atom stereocenters. The second kappa shape index (κ2) is 7.62. The van der Waals surface area contributed by atoms with Crippen LogP contribution in [0.1, 0.15) is 22.1 Å². The van der Waals surface area contributed by atoms with Gasteiger partial charge < -0.3 is 24.3 Å². The first-order chi connectivity index (χ1) is 14.0. The number of aliphatic hydroxyl groups excluding tert-OH is 1. The normalized spacial score (nSPS) is 14.5. The van der Waals surface area contributed by atoms with Gasteiger partial charge >= 0.3 is 5.97 Å². The Hall–Kier alpha value is -3.29. The van der Waals surface area contributed by atoms with Crippen molar-refractivity contribution in [2.24, 2.45) is 0 Å². The average Bonchev–Trinajstić information content (AvgIpc) is 2.72. The van der Waals surface area contributed by atoms with E-state index in [9.17, 15) is 14.7 Å². The van der Waals surface area contributed by atoms with Crippen LogP contribution in [0.4, 0.5) is 0 Å². The molecule has 0 amide bonds. The summed E-state index contributed by atoms with van der Waals surface area (Å²) in [6.07, 6.45) is 0.592. The lowest BCUT2D eigenvalue weighted by atomic mass is 10.0. The molecule has 1 aliphatic rings. The van der Waals surface area contributed by atoms with Crippen molar-refractivity contribution in [1.82, 2.24) is 4.57 Å². The first-order valence-electron chi connectivity index (χ1n) is 8.78. The second-order valence-corrected chi connectivity index (χ2v) is 6.79. The zero-order valence-electron chi connectivity index (χ0n) is 15.0. The van der Waals surface area contributed by atoms with Crippen LogP contribution in [-0.4, -0.2) is 34.0 Å². The summed E-state index contributed by atoms with van der Waals surface area (Å²) in [5.74, 6) is -0.545. The first-order valence-corrected chi connectivity index (χ1v) is 9.16. The van der Waals surface area contributed by atoms with Crippen molar-refractivity contribution in [3.05, 3.63) is 81.1 Å². The zero-order chi connectivity index (χ0) is 20.5. The second-order valence-electron chi connectivity index (χ2n) is 6.38. The molecule has 8 heteroatoms. The number of carbonyl (C=O) groups is 1. The first kappa shape index (κ1) is 19.0. The number of aromatic nitrogens is 1. The Morgan fingerprint density at radius 3 is 2.66 bits per heavy atom. The Bertz CT molecular complexity index is 1140. The molecule has 0 saturated heterocycles. The molecule has 0 aliphatic carbocycles. The lowest BCUT2D eigenvalue weighted by Crippen LogP contribution is -2.27. The van der Waals surface area contributed by atoms with Crippen molar-refractivity contribution in [3.8, 4) is 22.8 Å². The molecule has 1 unspecified atom stereocenters. The van der Waals surface area contributed by atoms with Crippen LogP contribution >= 0.6 is 11.6 Å². The highest BCUT2D eigenvalue weighted by molar-refractivity contribution is 6.32. The Kier molecular flexibility index (Phi) is 5.00. The highest BCUT2D eigenvalue weighted by Crippen LogP contribution is 2.44. The summed E-state index contributed by atoms with van der Waals surface area (Å²) < 4.78 is 13.2. The van der Waals surface area contributed by atoms with E-state index in [0.29, 0.717) is 22.8 Å². The number of hydrogen-bond acceptors (Lipinski definition) is 5. The van der Waals surface area contributed by atoms with E-state index in [1.807, 2.05) is 30.3 Å². The molecule has 2 N–H and O–H groups in total. The smallest absolute Gasteiger partial charge is 0.341 e. The fourth-order valence-electron chi connectivity index (χ4n) is 3.24. The lowest BCUT2D eigenvalue weighted by Gasteiger charge is -2.32. The van der Waals surface area contributed by atoms with Gasteiger partial charge in [-0.3, -0.25) is 4.79 Å². The minimum absolute atomic E-state index is 0.0681. The molecule has 7 nitrogen and oxygen atoms in total. The summed E-state index contributed by atoms with van der Waals surface area (Å²) in [6.45, 7) is -0.101. The van der Waals surface area contributed by atoms with Crippen molar-refractivity contribution >= 4 is 17.6 Å². The maximum absolute atomic E-state index is 12.4. The van der Waals surface area contributed by atoms with Crippen molar-refractivity contribution < 1.29 is 24.5 Å². The summed E-state index contributed by atoms with van der Waals surface area (Å²) >= 11 is 6.29. The number of carboxylic acid groups (broad SMARTS) is 1. The quantitative estimate of drug-likeness (QED) is 0.666. The largest absolute Gasteiger partial charge is 0.489 e. The Labute approximate surface area is 170 Å². The molecule has 2 aromatic carbocycles. The fraction of sp³-hybridized carbons (Fsp3) is 0.143. The van der Waals surface area contributed by atoms with Crippen LogP contribution in [0.3, 0.4) is 0 Å². The molecule has 0 radical (unpaired) electrons. The van der Waals surface area contributed by atoms with Crippen molar-refractivity contribution in [1.29, 1.82) is 0 Å². The number of rotatable bonds is 5. The van der Waals surface area contributed by atoms with Crippen LogP contribution in [0.25, 0.3) is 11.3 Å². The minimum Gasteiger partial charge on any atom is -0.489 e. The summed E-state index contributed by atoms with van der Waals surface area (Å²) in [5, 5.41) is 18.6. The maximum atomic E-state index is 12.4. The van der Waals surface area contributed by atoms with Crippen molar-refractivity contribution in [2.75, 3.05) is 13.2 Å². The van der Waals surface area contributed by atoms with Crippen LogP contribution in [-0.2, 0) is 0 Å².